The molecule has 184 valence electrons. The Labute approximate surface area is 205 Å². The Bertz CT molecular complexity index is 1240. The quantitative estimate of drug-likeness (QED) is 0.328. The van der Waals surface area contributed by atoms with E-state index in [-0.39, 0.29) is 11.8 Å². The highest BCUT2D eigenvalue weighted by Crippen LogP contribution is 2.38. The Hall–Kier alpha value is -3.74. The van der Waals surface area contributed by atoms with Crippen molar-refractivity contribution in [2.24, 2.45) is 0 Å². The summed E-state index contributed by atoms with van der Waals surface area (Å²) in [6.45, 7) is 6.34. The molecule has 7 heteroatoms. The van der Waals surface area contributed by atoms with Gasteiger partial charge in [-0.15, -0.1) is 0 Å². The minimum Gasteiger partial charge on any atom is -0.497 e. The van der Waals surface area contributed by atoms with E-state index >= 15 is 0 Å². The summed E-state index contributed by atoms with van der Waals surface area (Å²) in [5.74, 6) is 1.47. The molecule has 1 aliphatic rings. The van der Waals surface area contributed by atoms with Crippen LogP contribution in [0, 0.1) is 0 Å². The minimum absolute atomic E-state index is 0.169. The molecule has 0 saturated carbocycles. The predicted molar refractivity (Wildman–Crippen MR) is 136 cm³/mol. The molecular formula is C28H32N2O5. The Balaban J connectivity index is 1.53. The molecule has 1 fully saturated rings. The van der Waals surface area contributed by atoms with Gasteiger partial charge in [0, 0.05) is 54.7 Å². The third kappa shape index (κ3) is 5.67. The Morgan fingerprint density at radius 2 is 2.11 bits per heavy atom. The molecule has 0 spiro atoms. The Morgan fingerprint density at radius 1 is 1.26 bits per heavy atom. The van der Waals surface area contributed by atoms with E-state index in [2.05, 4.69) is 5.32 Å². The van der Waals surface area contributed by atoms with E-state index in [1.807, 2.05) is 55.1 Å². The van der Waals surface area contributed by atoms with E-state index in [0.29, 0.717) is 37.4 Å². The van der Waals surface area contributed by atoms with E-state index in [9.17, 15) is 9.59 Å². The summed E-state index contributed by atoms with van der Waals surface area (Å²) in [6, 6.07) is 11.7. The molecule has 0 unspecified atom stereocenters. The zero-order valence-corrected chi connectivity index (χ0v) is 20.6. The summed E-state index contributed by atoms with van der Waals surface area (Å²) >= 11 is 0. The fourth-order valence-electron chi connectivity index (χ4n) is 4.40. The number of rotatable bonds is 10. The van der Waals surface area contributed by atoms with E-state index in [1.54, 1.807) is 19.4 Å². The number of allylic oxidation sites excluding steroid dienone is 1. The van der Waals surface area contributed by atoms with Gasteiger partial charge < -0.3 is 24.1 Å². The number of ether oxygens (including phenoxy) is 2. The van der Waals surface area contributed by atoms with Gasteiger partial charge in [-0.05, 0) is 56.0 Å². The van der Waals surface area contributed by atoms with E-state index in [0.717, 1.165) is 52.8 Å². The lowest BCUT2D eigenvalue weighted by Gasteiger charge is -2.15. The van der Waals surface area contributed by atoms with Gasteiger partial charge in [-0.2, -0.15) is 0 Å². The monoisotopic (exact) mass is 476 g/mol. The van der Waals surface area contributed by atoms with Crippen molar-refractivity contribution in [2.45, 2.75) is 33.1 Å². The van der Waals surface area contributed by atoms with Crippen LogP contribution in [0.25, 0.3) is 27.7 Å². The molecule has 0 bridgehead atoms. The standard InChI is InChI=1S/C28H32N2O5/c1-4-34-25-17-26-23(24(18-35-26)20-8-5-9-21(15-20)33-3)16-22(25)19(2)14-27(31)29-11-7-13-30-12-6-10-28(30)32/h5,8-9,14-18H,4,6-7,10-13H2,1-3H3,(H,29,31)/b19-14+. The first-order valence-electron chi connectivity index (χ1n) is 12.1. The molecule has 0 radical (unpaired) electrons. The second kappa shape index (κ2) is 11.1. The van der Waals surface area contributed by atoms with Crippen LogP contribution < -0.4 is 14.8 Å². The molecule has 2 heterocycles. The largest absolute Gasteiger partial charge is 0.497 e. The van der Waals surface area contributed by atoms with Gasteiger partial charge in [-0.1, -0.05) is 12.1 Å². The fraction of sp³-hybridized carbons (Fsp3) is 0.357. The summed E-state index contributed by atoms with van der Waals surface area (Å²) < 4.78 is 17.1. The number of hydrogen-bond donors (Lipinski definition) is 1. The second-order valence-electron chi connectivity index (χ2n) is 8.62. The van der Waals surface area contributed by atoms with Crippen LogP contribution in [0.1, 0.15) is 38.7 Å². The predicted octanol–water partition coefficient (Wildman–Crippen LogP) is 5.04. The lowest BCUT2D eigenvalue weighted by molar-refractivity contribution is -0.127. The molecule has 7 nitrogen and oxygen atoms in total. The number of furan rings is 1. The van der Waals surface area contributed by atoms with Crippen LogP contribution in [-0.4, -0.2) is 50.1 Å². The number of fused-ring (bicyclic) bond motifs is 1. The van der Waals surface area contributed by atoms with Crippen LogP contribution in [0.2, 0.25) is 0 Å². The number of amides is 2. The van der Waals surface area contributed by atoms with Gasteiger partial charge in [0.1, 0.15) is 17.1 Å². The maximum absolute atomic E-state index is 12.6. The first-order valence-corrected chi connectivity index (χ1v) is 12.1. The highest BCUT2D eigenvalue weighted by molar-refractivity contribution is 6.00. The topological polar surface area (TPSA) is 81.0 Å². The Morgan fingerprint density at radius 3 is 2.86 bits per heavy atom. The molecule has 1 saturated heterocycles. The number of methoxy groups -OCH3 is 1. The average Bonchev–Trinajstić information content (AvgIpc) is 3.47. The van der Waals surface area contributed by atoms with Crippen molar-refractivity contribution < 1.29 is 23.5 Å². The maximum Gasteiger partial charge on any atom is 0.244 e. The molecule has 1 N–H and O–H groups in total. The smallest absolute Gasteiger partial charge is 0.244 e. The van der Waals surface area contributed by atoms with Gasteiger partial charge in [0.25, 0.3) is 0 Å². The normalized spacial score (nSPS) is 14.0. The molecule has 0 aliphatic carbocycles. The van der Waals surface area contributed by atoms with Crippen molar-refractivity contribution in [1.29, 1.82) is 0 Å². The number of carbonyl (C=O) groups is 2. The Kier molecular flexibility index (Phi) is 7.75. The van der Waals surface area contributed by atoms with Gasteiger partial charge in [-0.25, -0.2) is 0 Å². The highest BCUT2D eigenvalue weighted by atomic mass is 16.5. The van der Waals surface area contributed by atoms with Crippen LogP contribution in [0.4, 0.5) is 0 Å². The summed E-state index contributed by atoms with van der Waals surface area (Å²) in [4.78, 5) is 26.2. The first kappa shape index (κ1) is 24.4. The van der Waals surface area contributed by atoms with Gasteiger partial charge in [-0.3, -0.25) is 9.59 Å². The van der Waals surface area contributed by atoms with Crippen LogP contribution in [0.3, 0.4) is 0 Å². The first-order chi connectivity index (χ1) is 17.0. The van der Waals surface area contributed by atoms with Crippen LogP contribution in [0.5, 0.6) is 11.5 Å². The molecule has 1 aromatic heterocycles. The van der Waals surface area contributed by atoms with Gasteiger partial charge in [0.05, 0.1) is 20.0 Å². The molecule has 2 aromatic carbocycles. The molecule has 3 aromatic rings. The van der Waals surface area contributed by atoms with Crippen molar-refractivity contribution in [2.75, 3.05) is 33.4 Å². The molecule has 2 amide bonds. The van der Waals surface area contributed by atoms with Crippen molar-refractivity contribution >= 4 is 28.4 Å². The van der Waals surface area contributed by atoms with Crippen molar-refractivity contribution in [3.63, 3.8) is 0 Å². The number of nitrogens with one attached hydrogen (secondary N) is 1. The van der Waals surface area contributed by atoms with Crippen molar-refractivity contribution in [1.82, 2.24) is 10.2 Å². The van der Waals surface area contributed by atoms with Crippen LogP contribution in [-0.2, 0) is 9.59 Å². The summed E-state index contributed by atoms with van der Waals surface area (Å²) in [7, 11) is 1.64. The summed E-state index contributed by atoms with van der Waals surface area (Å²) in [6.07, 6.45) is 5.62. The third-order valence-electron chi connectivity index (χ3n) is 6.20. The van der Waals surface area contributed by atoms with Crippen LogP contribution in [0.15, 0.2) is 53.2 Å². The van der Waals surface area contributed by atoms with Gasteiger partial charge >= 0.3 is 0 Å². The van der Waals surface area contributed by atoms with Crippen LogP contribution >= 0.6 is 0 Å². The fourth-order valence-corrected chi connectivity index (χ4v) is 4.40. The molecule has 4 rings (SSSR count). The van der Waals surface area contributed by atoms with E-state index in [1.165, 1.54) is 0 Å². The van der Waals surface area contributed by atoms with E-state index in [4.69, 9.17) is 13.9 Å². The van der Waals surface area contributed by atoms with Gasteiger partial charge in [0.15, 0.2) is 0 Å². The molecular weight excluding hydrogens is 444 g/mol. The van der Waals surface area contributed by atoms with Crippen molar-refractivity contribution in [3.05, 3.63) is 54.3 Å². The van der Waals surface area contributed by atoms with Gasteiger partial charge in [0.2, 0.25) is 11.8 Å². The average molecular weight is 477 g/mol. The maximum atomic E-state index is 12.6. The summed E-state index contributed by atoms with van der Waals surface area (Å²) in [5.41, 5.74) is 4.26. The SMILES string of the molecule is CCOc1cc2occ(-c3cccc(OC)c3)c2cc1/C(C)=C/C(=O)NCCCN1CCCC1=O. The molecule has 0 atom stereocenters. The lowest BCUT2D eigenvalue weighted by atomic mass is 9.99. The minimum atomic E-state index is -0.169. The molecule has 1 aliphatic heterocycles. The second-order valence-corrected chi connectivity index (χ2v) is 8.62. The third-order valence-corrected chi connectivity index (χ3v) is 6.20. The number of likely N-dealkylation sites (tertiary alicyclic amines) is 1. The lowest BCUT2D eigenvalue weighted by Crippen LogP contribution is -2.30. The van der Waals surface area contributed by atoms with Crippen molar-refractivity contribution in [3.8, 4) is 22.6 Å². The zero-order valence-electron chi connectivity index (χ0n) is 20.6. The van der Waals surface area contributed by atoms with E-state index < -0.39 is 0 Å². The summed E-state index contributed by atoms with van der Waals surface area (Å²) in [5, 5.41) is 3.86. The number of carbonyl (C=O) groups excluding carboxylic acids is 2. The zero-order chi connectivity index (χ0) is 24.8. The number of nitrogens with zero attached hydrogens (tertiary/aromatic N) is 1. The molecule has 35 heavy (non-hydrogen) atoms. The highest BCUT2D eigenvalue weighted by Gasteiger charge is 2.19. The number of benzene rings is 2. The number of hydrogen-bond acceptors (Lipinski definition) is 5.